The van der Waals surface area contributed by atoms with E-state index in [4.69, 9.17) is 30.4 Å². The third-order valence-electron chi connectivity index (χ3n) is 17.1. The molecule has 14 atom stereocenters. The van der Waals surface area contributed by atoms with E-state index in [0.29, 0.717) is 47.3 Å². The summed E-state index contributed by atoms with van der Waals surface area (Å²) in [5, 5.41) is 117. The molecule has 1 aromatic heterocycles. The Morgan fingerprint density at radius 1 is 0.747 bits per heavy atom. The maximum atomic E-state index is 15.1. The van der Waals surface area contributed by atoms with Gasteiger partial charge >= 0.3 is 0 Å². The summed E-state index contributed by atoms with van der Waals surface area (Å²) in [4.78, 5) is 117. The predicted molar refractivity (Wildman–Crippen MR) is 356 cm³/mol. The lowest BCUT2D eigenvalue weighted by atomic mass is 9.98. The van der Waals surface area contributed by atoms with Crippen LogP contribution in [0.5, 0.6) is 17.2 Å². The van der Waals surface area contributed by atoms with Crippen molar-refractivity contribution in [2.45, 2.75) is 170 Å². The molecule has 99 heavy (non-hydrogen) atoms. The van der Waals surface area contributed by atoms with Crippen molar-refractivity contribution < 1.29 is 102 Å². The van der Waals surface area contributed by atoms with Crippen molar-refractivity contribution >= 4 is 70.9 Å². The monoisotopic (exact) mass is 1430 g/mol. The number of hydrogen-bond acceptors (Lipinski definition) is 27. The van der Waals surface area contributed by atoms with Crippen molar-refractivity contribution in [3.63, 3.8) is 0 Å². The molecular weight excluding hydrogens is 1340 g/mol. The number of carbonyl (C=O) groups is 8. The number of hydrogen-bond donors (Lipinski definition) is 16. The molecule has 3 saturated heterocycles. The summed E-state index contributed by atoms with van der Waals surface area (Å²) in [6.45, 7) is 2.27. The number of phenols is 1. The van der Waals surface area contributed by atoms with E-state index in [9.17, 15) is 69.3 Å². The van der Waals surface area contributed by atoms with E-state index >= 15 is 4.79 Å². The molecule has 3 aliphatic heterocycles. The van der Waals surface area contributed by atoms with Crippen molar-refractivity contribution in [2.24, 2.45) is 17.4 Å². The van der Waals surface area contributed by atoms with E-state index in [0.717, 1.165) is 73.1 Å². The number of aromatic hydroxyl groups is 1. The average Bonchev–Trinajstić information content (AvgIpc) is 1.69. The number of methoxy groups -OCH3 is 1. The van der Waals surface area contributed by atoms with Crippen molar-refractivity contribution in [1.82, 2.24) is 51.9 Å². The number of carbonyl (C=O) groups excluding carboxylic acids is 8. The van der Waals surface area contributed by atoms with Gasteiger partial charge < -0.3 is 103 Å². The minimum Gasteiger partial charge on any atom is -0.504 e. The molecule has 35 heteroatoms. The molecule has 7 rings (SSSR count). The van der Waals surface area contributed by atoms with Gasteiger partial charge in [-0.1, -0.05) is 71.5 Å². The number of phenolic OH excluding ortho intramolecular Hbond substituents is 1. The van der Waals surface area contributed by atoms with Gasteiger partial charge in [0.2, 0.25) is 41.4 Å². The normalized spacial score (nSPS) is 24.0. The molecule has 3 aromatic carbocycles. The SMILES string of the molecule is COCCCCCCCOc1ccc(-c2nnc(-c3ccc(C(=O)N[C@H]4C[C@H](O)CNC(=O)[C@@H]5[C@@H](O)[C@H](C)CN5C(=O)[C@H]([C@H](O)CCNC(=O)[C@@H](N)CCCCN)NC(=O)[C@H]([C@H](O)Cc5ccc(O)c(OSOOO)c5)NC(=O)[C@@H]5C[C@H](O)CN5C(=O)[C@H]([C@H](C)O)NC4=O)cc3)s2)cc1. The van der Waals surface area contributed by atoms with Crippen LogP contribution >= 0.6 is 23.7 Å². The molecule has 0 bridgehead atoms. The first-order valence-corrected chi connectivity index (χ1v) is 34.1. The number of benzene rings is 3. The zero-order chi connectivity index (χ0) is 71.9. The first-order chi connectivity index (χ1) is 47.4. The van der Waals surface area contributed by atoms with Crippen LogP contribution in [0.15, 0.2) is 66.7 Å². The molecule has 0 radical (unpaired) electrons. The standard InChI is InChI=1S/C64H90N12O21S2/c1-34-32-76-53(54(34)83)60(89)68-31-40(78)29-44(69-55(84)37-13-15-38(16-14-37)61-73-74-62(98-61)39-17-19-42(20-18-39)94-26-10-6-4-5-9-25-93-3)57(86)70-50(35(2)77)63(90)75-33-41(79)30-45(75)58(87)71-51(48(82)27-36-12-21-46(80)49(28-36)95-99-97-96-92)59(88)72-52(64(76)91)47(81)22-24-67-56(85)43(66)11-7-8-23-65/h12-21,28,34-35,40-41,43-45,47-48,50-54,77-83,92H,4-11,22-27,29-33,65-66H2,1-3H3,(H,67,85)(H,68,89)(H,69,84)(H,70,86)(H,71,87)(H,72,88)/t34-,35+,40+,41+,43+,44+,45+,47-,48-,50+,51+,52+,53+,54+/m1/s1. The van der Waals surface area contributed by atoms with Crippen LogP contribution in [0, 0.1) is 5.92 Å². The number of aromatic nitrogens is 2. The summed E-state index contributed by atoms with van der Waals surface area (Å²) in [5.41, 5.74) is 13.1. The Bertz CT molecular complexity index is 3320. The van der Waals surface area contributed by atoms with Crippen LogP contribution in [0.1, 0.15) is 100 Å². The second-order valence-electron chi connectivity index (χ2n) is 24.7. The van der Waals surface area contributed by atoms with Gasteiger partial charge in [0.1, 0.15) is 52.0 Å². The van der Waals surface area contributed by atoms with E-state index in [1.54, 1.807) is 19.2 Å². The van der Waals surface area contributed by atoms with Gasteiger partial charge in [-0.3, -0.25) is 38.4 Å². The molecule has 8 amide bonds. The van der Waals surface area contributed by atoms with Gasteiger partial charge in [-0.2, -0.15) is 0 Å². The molecule has 0 saturated carbocycles. The average molecular weight is 1430 g/mol. The van der Waals surface area contributed by atoms with Crippen LogP contribution in [-0.4, -0.2) is 240 Å². The minimum absolute atomic E-state index is 0.00363. The number of aliphatic hydroxyl groups is 6. The van der Waals surface area contributed by atoms with Crippen LogP contribution in [0.2, 0.25) is 0 Å². The van der Waals surface area contributed by atoms with E-state index in [-0.39, 0.29) is 48.7 Å². The van der Waals surface area contributed by atoms with Crippen molar-refractivity contribution in [2.75, 3.05) is 53.0 Å². The van der Waals surface area contributed by atoms with Crippen molar-refractivity contribution in [3.8, 4) is 38.4 Å². The lowest BCUT2D eigenvalue weighted by molar-refractivity contribution is -0.433. The van der Waals surface area contributed by atoms with Gasteiger partial charge in [-0.05, 0) is 99.7 Å². The Morgan fingerprint density at radius 2 is 1.39 bits per heavy atom. The summed E-state index contributed by atoms with van der Waals surface area (Å²) in [6, 6.07) is 4.53. The first-order valence-electron chi connectivity index (χ1n) is 32.6. The number of aliphatic hydroxyl groups excluding tert-OH is 6. The first kappa shape index (κ1) is 78.6. The maximum Gasteiger partial charge on any atom is 0.261 e. The molecule has 544 valence electrons. The number of fused-ring (bicyclic) bond motifs is 2. The number of nitrogens with two attached hydrogens (primary N) is 2. The highest BCUT2D eigenvalue weighted by atomic mass is 32.2. The number of nitrogens with zero attached hydrogens (tertiary/aromatic N) is 4. The topological polar surface area (TPSA) is 501 Å². The highest BCUT2D eigenvalue weighted by Crippen LogP contribution is 2.33. The van der Waals surface area contributed by atoms with Crippen molar-refractivity contribution in [1.29, 1.82) is 0 Å². The fourth-order valence-electron chi connectivity index (χ4n) is 11.6. The highest BCUT2D eigenvalue weighted by molar-refractivity contribution is 7.90. The van der Waals surface area contributed by atoms with E-state index in [2.05, 4.69) is 51.5 Å². The third kappa shape index (κ3) is 22.4. The van der Waals surface area contributed by atoms with Crippen LogP contribution in [0.4, 0.5) is 0 Å². The Morgan fingerprint density at radius 3 is 2.06 bits per heavy atom. The number of β-amino-alcohol motifs (C(OH)–C–C–N with tert-alkyl or cyclic N) is 1. The van der Waals surface area contributed by atoms with Gasteiger partial charge in [0.05, 0.1) is 49.3 Å². The van der Waals surface area contributed by atoms with Gasteiger partial charge in [0, 0.05) is 81.8 Å². The van der Waals surface area contributed by atoms with E-state index in [1.807, 2.05) is 24.3 Å². The molecule has 4 heterocycles. The zero-order valence-electron chi connectivity index (χ0n) is 55.0. The fourth-order valence-corrected chi connectivity index (χ4v) is 12.7. The molecule has 0 unspecified atom stereocenters. The van der Waals surface area contributed by atoms with E-state index < -0.39 is 177 Å². The van der Waals surface area contributed by atoms with Crippen LogP contribution in [-0.2, 0) is 54.1 Å². The Balaban J connectivity index is 1.17. The molecule has 4 aromatic rings. The fraction of sp³-hybridized carbons (Fsp3) is 0.562. The number of ether oxygens (including phenoxy) is 2. The summed E-state index contributed by atoms with van der Waals surface area (Å²) >= 11 is 1.35. The molecule has 3 fully saturated rings. The Labute approximate surface area is 579 Å². The molecule has 3 aliphatic rings. The molecule has 18 N–H and O–H groups in total. The predicted octanol–water partition coefficient (Wildman–Crippen LogP) is -1.17. The highest BCUT2D eigenvalue weighted by Gasteiger charge is 2.50. The molecular formula is C64H90N12O21S2. The summed E-state index contributed by atoms with van der Waals surface area (Å²) in [6.07, 6.45) is -6.33. The summed E-state index contributed by atoms with van der Waals surface area (Å²) in [5.74, 6) is -9.64. The minimum atomic E-state index is -2.18. The molecule has 0 spiro atoms. The van der Waals surface area contributed by atoms with Gasteiger partial charge in [0.15, 0.2) is 11.5 Å². The number of amides is 8. The third-order valence-corrected chi connectivity index (χ3v) is 18.5. The smallest absolute Gasteiger partial charge is 0.261 e. The number of rotatable bonds is 30. The Hall–Kier alpha value is -7.75. The summed E-state index contributed by atoms with van der Waals surface area (Å²) in [7, 11) is 1.69. The maximum absolute atomic E-state index is 15.1. The second-order valence-corrected chi connectivity index (χ2v) is 26.1. The molecule has 33 nitrogen and oxygen atoms in total. The van der Waals surface area contributed by atoms with E-state index in [1.165, 1.54) is 36.5 Å². The van der Waals surface area contributed by atoms with Gasteiger partial charge in [0.25, 0.3) is 18.2 Å². The zero-order valence-corrected chi connectivity index (χ0v) is 56.6. The number of nitrogens with one attached hydrogen (secondary N) is 6. The van der Waals surface area contributed by atoms with Crippen LogP contribution < -0.4 is 52.3 Å². The lowest BCUT2D eigenvalue weighted by Crippen LogP contribution is -2.64. The van der Waals surface area contributed by atoms with Crippen molar-refractivity contribution in [3.05, 3.63) is 77.9 Å². The summed E-state index contributed by atoms with van der Waals surface area (Å²) < 4.78 is 20.4. The second kappa shape index (κ2) is 38.7. The van der Waals surface area contributed by atoms with Gasteiger partial charge in [-0.25, -0.2) is 5.26 Å². The lowest BCUT2D eigenvalue weighted by Gasteiger charge is -2.34. The number of unbranched alkanes of at least 4 members (excludes halogenated alkanes) is 5. The van der Waals surface area contributed by atoms with Crippen LogP contribution in [0.3, 0.4) is 0 Å². The van der Waals surface area contributed by atoms with Gasteiger partial charge in [-0.15, -0.1) is 10.2 Å². The Kier molecular flexibility index (Phi) is 30.7. The van der Waals surface area contributed by atoms with Crippen LogP contribution in [0.25, 0.3) is 21.1 Å². The largest absolute Gasteiger partial charge is 0.504 e. The quantitative estimate of drug-likeness (QED) is 0.0127. The molecule has 0 aliphatic carbocycles.